The highest BCUT2D eigenvalue weighted by Gasteiger charge is 2.43. The minimum absolute atomic E-state index is 0. The number of nitrogens with one attached hydrogen (secondary N) is 2. The Kier molecular flexibility index (Phi) is 10.4. The van der Waals surface area contributed by atoms with E-state index >= 15 is 0 Å². The van der Waals surface area contributed by atoms with E-state index in [-0.39, 0.29) is 36.7 Å². The van der Waals surface area contributed by atoms with Crippen molar-refractivity contribution in [3.63, 3.8) is 0 Å². The normalized spacial score (nSPS) is 13.1. The maximum absolute atomic E-state index is 14.8. The topological polar surface area (TPSA) is 127 Å². The summed E-state index contributed by atoms with van der Waals surface area (Å²) in [6.07, 6.45) is 2.18. The molecule has 0 aliphatic heterocycles. The molecular formula is C25H31ClFN3O6S. The maximum atomic E-state index is 14.8. The van der Waals surface area contributed by atoms with Crippen molar-refractivity contribution in [3.8, 4) is 11.1 Å². The van der Waals surface area contributed by atoms with Crippen molar-refractivity contribution < 1.29 is 27.5 Å². The third kappa shape index (κ3) is 6.74. The Labute approximate surface area is 220 Å². The smallest absolute Gasteiger partial charge is 0.264 e. The van der Waals surface area contributed by atoms with Gasteiger partial charge in [-0.3, -0.25) is 14.8 Å². The number of amides is 1. The third-order valence-electron chi connectivity index (χ3n) is 6.36. The number of hydrogen-bond acceptors (Lipinski definition) is 7. The van der Waals surface area contributed by atoms with Gasteiger partial charge in [0.1, 0.15) is 5.82 Å². The Hall–Kier alpha value is -2.83. The van der Waals surface area contributed by atoms with Gasteiger partial charge in [0.15, 0.2) is 14.6 Å². The number of carbonyl (C=O) groups is 1. The van der Waals surface area contributed by atoms with Crippen LogP contribution in [0.25, 0.3) is 21.9 Å². The lowest BCUT2D eigenvalue weighted by Gasteiger charge is -2.25. The fourth-order valence-corrected chi connectivity index (χ4v) is 4.71. The summed E-state index contributed by atoms with van der Waals surface area (Å²) < 4.78 is 43.6. The molecule has 1 aromatic heterocycles. The monoisotopic (exact) mass is 555 g/mol. The quantitative estimate of drug-likeness (QED) is 0.189. The van der Waals surface area contributed by atoms with Crippen LogP contribution < -0.4 is 16.4 Å². The number of aromatic nitrogens is 1. The van der Waals surface area contributed by atoms with Gasteiger partial charge in [0, 0.05) is 50.1 Å². The van der Waals surface area contributed by atoms with E-state index in [9.17, 15) is 22.4 Å². The van der Waals surface area contributed by atoms with Crippen LogP contribution in [0.1, 0.15) is 18.9 Å². The summed E-state index contributed by atoms with van der Waals surface area (Å²) in [5.41, 5.74) is 2.83. The Morgan fingerprint density at radius 3 is 2.54 bits per heavy atom. The number of hydrogen-bond donors (Lipinski definition) is 3. The molecular weight excluding hydrogens is 525 g/mol. The van der Waals surface area contributed by atoms with Crippen LogP contribution in [-0.2, 0) is 32.5 Å². The second-order valence-corrected chi connectivity index (χ2v) is 11.2. The molecule has 0 bridgehead atoms. The highest BCUT2D eigenvalue weighted by molar-refractivity contribution is 7.92. The highest BCUT2D eigenvalue weighted by atomic mass is 35.5. The first kappa shape index (κ1) is 30.4. The molecule has 1 atom stereocenters. The zero-order chi connectivity index (χ0) is 26.5. The zero-order valence-electron chi connectivity index (χ0n) is 20.8. The molecule has 3 N–H and O–H groups in total. The fraction of sp³-hybridized carbons (Fsp3) is 0.360. The highest BCUT2D eigenvalue weighted by Crippen LogP contribution is 2.27. The molecule has 12 heteroatoms. The van der Waals surface area contributed by atoms with Crippen molar-refractivity contribution in [2.24, 2.45) is 0 Å². The average Bonchev–Trinajstić information content (AvgIpc) is 2.84. The van der Waals surface area contributed by atoms with Gasteiger partial charge in [-0.2, -0.15) is 0 Å². The lowest BCUT2D eigenvalue weighted by molar-refractivity contribution is -0.131. The predicted octanol–water partition coefficient (Wildman–Crippen LogP) is 2.66. The molecule has 0 saturated carbocycles. The van der Waals surface area contributed by atoms with Crippen molar-refractivity contribution in [3.05, 3.63) is 70.4 Å². The van der Waals surface area contributed by atoms with E-state index < -0.39 is 20.5 Å². The van der Waals surface area contributed by atoms with Crippen LogP contribution in [0.2, 0.25) is 0 Å². The molecule has 9 nitrogen and oxygen atoms in total. The van der Waals surface area contributed by atoms with E-state index in [2.05, 4.69) is 5.32 Å². The standard InChI is InChI=1S/C25H30FN3O6S.ClH/c1-25(24(31)28-32,36(3,33)34)9-12-29-11-8-19-15-18(5-7-21(19)23(29)30)20-6-4-17(14-22(20)26)16-27-10-13-35-2;/h4-8,11,14-15,27,32H,9-10,12-13,16H2,1-3H3,(H,28,31);1H/t25-;/m1./s1. The SMILES string of the molecule is COCCNCc1ccc(-c2ccc3c(=O)n(CC[C@](C)(C(=O)NO)S(C)(=O)=O)ccc3c2)c(F)c1.Cl. The van der Waals surface area contributed by atoms with E-state index in [0.717, 1.165) is 11.8 Å². The van der Waals surface area contributed by atoms with Crippen molar-refractivity contribution in [1.29, 1.82) is 0 Å². The summed E-state index contributed by atoms with van der Waals surface area (Å²) in [6, 6.07) is 11.7. The van der Waals surface area contributed by atoms with Crippen LogP contribution >= 0.6 is 12.4 Å². The number of carbonyl (C=O) groups excluding carboxylic acids is 1. The molecule has 0 aliphatic carbocycles. The summed E-state index contributed by atoms with van der Waals surface area (Å²) >= 11 is 0. The number of sulfone groups is 1. The molecule has 0 aliphatic rings. The number of halogens is 2. The first-order chi connectivity index (χ1) is 17.0. The number of nitrogens with zero attached hydrogens (tertiary/aromatic N) is 1. The molecule has 0 spiro atoms. The van der Waals surface area contributed by atoms with E-state index in [4.69, 9.17) is 9.94 Å². The Bertz CT molecular complexity index is 1430. The molecule has 0 saturated heterocycles. The second-order valence-electron chi connectivity index (χ2n) is 8.79. The van der Waals surface area contributed by atoms with Crippen LogP contribution in [0, 0.1) is 5.82 Å². The third-order valence-corrected chi connectivity index (χ3v) is 8.39. The Balaban J connectivity index is 0.00000481. The van der Waals surface area contributed by atoms with E-state index in [1.165, 1.54) is 29.2 Å². The van der Waals surface area contributed by atoms with Gasteiger partial charge < -0.3 is 14.6 Å². The van der Waals surface area contributed by atoms with Gasteiger partial charge >= 0.3 is 0 Å². The minimum Gasteiger partial charge on any atom is -0.383 e. The number of rotatable bonds is 11. The van der Waals surface area contributed by atoms with Crippen molar-refractivity contribution >= 4 is 38.9 Å². The first-order valence-corrected chi connectivity index (χ1v) is 13.2. The molecule has 0 fully saturated rings. The molecule has 2 aromatic carbocycles. The number of benzene rings is 2. The van der Waals surface area contributed by atoms with Crippen LogP contribution in [0.15, 0.2) is 53.5 Å². The van der Waals surface area contributed by atoms with Crippen LogP contribution in [-0.4, -0.2) is 55.4 Å². The average molecular weight is 556 g/mol. The van der Waals surface area contributed by atoms with Crippen LogP contribution in [0.4, 0.5) is 4.39 Å². The Morgan fingerprint density at radius 1 is 1.19 bits per heavy atom. The van der Waals surface area contributed by atoms with E-state index in [1.807, 2.05) is 6.07 Å². The van der Waals surface area contributed by atoms with Gasteiger partial charge in [0.25, 0.3) is 11.5 Å². The fourth-order valence-electron chi connectivity index (χ4n) is 3.86. The van der Waals surface area contributed by atoms with Gasteiger partial charge in [-0.25, -0.2) is 18.3 Å². The summed E-state index contributed by atoms with van der Waals surface area (Å²) in [5, 5.41) is 13.1. The molecule has 0 radical (unpaired) electrons. The number of pyridine rings is 1. The van der Waals surface area contributed by atoms with Crippen LogP contribution in [0.5, 0.6) is 0 Å². The van der Waals surface area contributed by atoms with Crippen LogP contribution in [0.3, 0.4) is 0 Å². The van der Waals surface area contributed by atoms with Crippen molar-refractivity contribution in [1.82, 2.24) is 15.4 Å². The lowest BCUT2D eigenvalue weighted by Crippen LogP contribution is -2.49. The van der Waals surface area contributed by atoms with Crippen molar-refractivity contribution in [2.75, 3.05) is 26.5 Å². The molecule has 37 heavy (non-hydrogen) atoms. The molecule has 1 amide bonds. The second kappa shape index (κ2) is 12.6. The molecule has 1 heterocycles. The number of aryl methyl sites for hydroxylation is 1. The van der Waals surface area contributed by atoms with E-state index in [1.54, 1.807) is 37.4 Å². The predicted molar refractivity (Wildman–Crippen MR) is 142 cm³/mol. The Morgan fingerprint density at radius 2 is 1.92 bits per heavy atom. The zero-order valence-corrected chi connectivity index (χ0v) is 22.4. The van der Waals surface area contributed by atoms with Gasteiger partial charge in [0.2, 0.25) is 0 Å². The number of fused-ring (bicyclic) bond motifs is 1. The molecule has 202 valence electrons. The number of ether oxygens (including phenoxy) is 1. The summed E-state index contributed by atoms with van der Waals surface area (Å²) in [4.78, 5) is 25.0. The van der Waals surface area contributed by atoms with Gasteiger partial charge in [-0.1, -0.05) is 18.2 Å². The summed E-state index contributed by atoms with van der Waals surface area (Å²) in [5.74, 6) is -1.45. The summed E-state index contributed by atoms with van der Waals surface area (Å²) in [6.45, 7) is 2.86. The largest absolute Gasteiger partial charge is 0.383 e. The minimum atomic E-state index is -3.89. The number of methoxy groups -OCH3 is 1. The van der Waals surface area contributed by atoms with Gasteiger partial charge in [-0.05, 0) is 54.1 Å². The molecule has 3 rings (SSSR count). The van der Waals surface area contributed by atoms with Gasteiger partial charge in [-0.15, -0.1) is 12.4 Å². The van der Waals surface area contributed by atoms with Gasteiger partial charge in [0.05, 0.1) is 6.61 Å². The number of hydroxylamine groups is 1. The van der Waals surface area contributed by atoms with E-state index in [0.29, 0.717) is 41.6 Å². The first-order valence-electron chi connectivity index (χ1n) is 11.3. The molecule has 0 unspecified atom stereocenters. The van der Waals surface area contributed by atoms with Crippen molar-refractivity contribution in [2.45, 2.75) is 31.2 Å². The molecule has 3 aromatic rings. The lowest BCUT2D eigenvalue weighted by atomic mass is 10.00. The summed E-state index contributed by atoms with van der Waals surface area (Å²) in [7, 11) is -2.27. The maximum Gasteiger partial charge on any atom is 0.264 e.